The van der Waals surface area contributed by atoms with Crippen LogP contribution in [0, 0.1) is 17.8 Å². The van der Waals surface area contributed by atoms with Crippen LogP contribution in [0.4, 0.5) is 0 Å². The van der Waals surface area contributed by atoms with Gasteiger partial charge in [0.05, 0.1) is 0 Å². The van der Waals surface area contributed by atoms with Gasteiger partial charge in [0, 0.05) is 16.2 Å². The van der Waals surface area contributed by atoms with Crippen LogP contribution in [-0.2, 0) is 0 Å². The Morgan fingerprint density at radius 2 is 1.91 bits per heavy atom. The van der Waals surface area contributed by atoms with Gasteiger partial charge < -0.3 is 10.2 Å². The number of hydrogen-bond donors (Lipinski definition) is 2. The van der Waals surface area contributed by atoms with Crippen LogP contribution < -0.4 is 0 Å². The van der Waals surface area contributed by atoms with Gasteiger partial charge in [-0.25, -0.2) is 0 Å². The highest BCUT2D eigenvalue weighted by Crippen LogP contribution is 2.49. The van der Waals surface area contributed by atoms with Crippen molar-refractivity contribution in [3.8, 4) is 11.5 Å². The van der Waals surface area contributed by atoms with Gasteiger partial charge in [-0.3, -0.25) is 0 Å². The molecule has 0 radical (unpaired) electrons. The Morgan fingerprint density at radius 3 is 2.45 bits per heavy atom. The fourth-order valence-corrected chi connectivity index (χ4v) is 4.45. The summed E-state index contributed by atoms with van der Waals surface area (Å²) in [6, 6.07) is 3.58. The quantitative estimate of drug-likeness (QED) is 0.552. The minimum Gasteiger partial charge on any atom is -0.507 e. The molecule has 0 aliphatic heterocycles. The summed E-state index contributed by atoms with van der Waals surface area (Å²) in [5.41, 5.74) is 0.758. The third kappa shape index (κ3) is 3.81. The van der Waals surface area contributed by atoms with E-state index in [0.29, 0.717) is 17.8 Å². The van der Waals surface area contributed by atoms with E-state index in [1.165, 1.54) is 12.8 Å². The average molecular weight is 320 g/mol. The average Bonchev–Trinajstić information content (AvgIpc) is 2.44. The minimum atomic E-state index is 0.247. The first-order chi connectivity index (χ1) is 10.4. The monoisotopic (exact) mass is 320 g/mol. The Hall–Kier alpha value is -1.09. The number of aromatic hydroxyl groups is 2. The predicted molar refractivity (Wildman–Crippen MR) is 94.8 cm³/mol. The number of phenolic OH excluding ortho intramolecular Hbond substituents is 2. The van der Waals surface area contributed by atoms with Gasteiger partial charge in [-0.05, 0) is 48.6 Å². The molecule has 1 aromatic carbocycles. The third-order valence-corrected chi connectivity index (χ3v) is 5.84. The molecule has 1 saturated carbocycles. The SMILES string of the molecule is C=CCSc1cc(O)c(C2CC(C)CCC2C(C)C)c(O)c1. The Labute approximate surface area is 138 Å². The summed E-state index contributed by atoms with van der Waals surface area (Å²) in [5.74, 6) is 3.25. The molecule has 3 heteroatoms. The zero-order valence-corrected chi connectivity index (χ0v) is 14.7. The minimum absolute atomic E-state index is 0.247. The van der Waals surface area contributed by atoms with E-state index in [1.807, 2.05) is 6.08 Å². The number of hydrogen-bond acceptors (Lipinski definition) is 3. The standard InChI is InChI=1S/C19H28O2S/c1-5-8-22-14-10-17(20)19(18(21)11-14)16-9-13(4)6-7-15(16)12(2)3/h5,10-13,15-16,20-21H,1,6-9H2,2-4H3. The highest BCUT2D eigenvalue weighted by Gasteiger charge is 2.34. The third-order valence-electron chi connectivity index (χ3n) is 4.87. The second kappa shape index (κ2) is 7.45. The van der Waals surface area contributed by atoms with E-state index in [0.717, 1.165) is 22.6 Å². The highest BCUT2D eigenvalue weighted by atomic mass is 32.2. The molecular weight excluding hydrogens is 292 g/mol. The first kappa shape index (κ1) is 17.3. The van der Waals surface area contributed by atoms with Crippen molar-refractivity contribution in [1.29, 1.82) is 0 Å². The fraction of sp³-hybridized carbons (Fsp3) is 0.579. The maximum Gasteiger partial charge on any atom is 0.123 e. The largest absolute Gasteiger partial charge is 0.507 e. The summed E-state index contributed by atoms with van der Waals surface area (Å²) in [5, 5.41) is 21.0. The van der Waals surface area contributed by atoms with E-state index in [-0.39, 0.29) is 17.4 Å². The second-order valence-electron chi connectivity index (χ2n) is 6.91. The summed E-state index contributed by atoms with van der Waals surface area (Å²) in [4.78, 5) is 0.892. The molecule has 3 unspecified atom stereocenters. The molecule has 122 valence electrons. The maximum absolute atomic E-state index is 10.5. The number of rotatable bonds is 5. The lowest BCUT2D eigenvalue weighted by Crippen LogP contribution is -2.26. The van der Waals surface area contributed by atoms with E-state index in [2.05, 4.69) is 27.4 Å². The van der Waals surface area contributed by atoms with Crippen LogP contribution in [0.15, 0.2) is 29.7 Å². The molecule has 2 rings (SSSR count). The normalized spacial score (nSPS) is 25.4. The Kier molecular flexibility index (Phi) is 5.85. The van der Waals surface area contributed by atoms with E-state index >= 15 is 0 Å². The molecular formula is C19H28O2S. The summed E-state index contributed by atoms with van der Waals surface area (Å²) >= 11 is 1.57. The Morgan fingerprint density at radius 1 is 1.27 bits per heavy atom. The van der Waals surface area contributed by atoms with Gasteiger partial charge >= 0.3 is 0 Å². The van der Waals surface area contributed by atoms with Crippen LogP contribution in [0.2, 0.25) is 0 Å². The van der Waals surface area contributed by atoms with Gasteiger partial charge in [0.2, 0.25) is 0 Å². The highest BCUT2D eigenvalue weighted by molar-refractivity contribution is 7.99. The van der Waals surface area contributed by atoms with Crippen LogP contribution >= 0.6 is 11.8 Å². The molecule has 3 atom stereocenters. The molecule has 0 aromatic heterocycles. The molecule has 0 bridgehead atoms. The van der Waals surface area contributed by atoms with Gasteiger partial charge in [-0.2, -0.15) is 0 Å². The van der Waals surface area contributed by atoms with Gasteiger partial charge in [-0.1, -0.05) is 33.3 Å². The van der Waals surface area contributed by atoms with Gasteiger partial charge in [0.1, 0.15) is 11.5 Å². The first-order valence-corrected chi connectivity index (χ1v) is 9.22. The molecule has 1 aliphatic carbocycles. The van der Waals surface area contributed by atoms with Crippen molar-refractivity contribution in [3.63, 3.8) is 0 Å². The molecule has 0 amide bonds. The van der Waals surface area contributed by atoms with E-state index in [4.69, 9.17) is 0 Å². The summed E-state index contributed by atoms with van der Waals surface area (Å²) in [7, 11) is 0. The summed E-state index contributed by atoms with van der Waals surface area (Å²) in [6.07, 6.45) is 5.29. The smallest absolute Gasteiger partial charge is 0.123 e. The molecule has 1 aliphatic rings. The lowest BCUT2D eigenvalue weighted by atomic mass is 9.67. The Bertz CT molecular complexity index is 501. The lowest BCUT2D eigenvalue weighted by Gasteiger charge is -2.38. The molecule has 0 spiro atoms. The van der Waals surface area contributed by atoms with Crippen LogP contribution in [0.3, 0.4) is 0 Å². The molecule has 2 nitrogen and oxygen atoms in total. The summed E-state index contributed by atoms with van der Waals surface area (Å²) in [6.45, 7) is 10.5. The predicted octanol–water partition coefficient (Wildman–Crippen LogP) is 5.55. The van der Waals surface area contributed by atoms with Crippen LogP contribution in [0.5, 0.6) is 11.5 Å². The zero-order chi connectivity index (χ0) is 16.3. The molecule has 1 fully saturated rings. The van der Waals surface area contributed by atoms with Crippen LogP contribution in [-0.4, -0.2) is 16.0 Å². The van der Waals surface area contributed by atoms with Gasteiger partial charge in [0.25, 0.3) is 0 Å². The van der Waals surface area contributed by atoms with Crippen molar-refractivity contribution in [2.24, 2.45) is 17.8 Å². The zero-order valence-electron chi connectivity index (χ0n) is 13.9. The van der Waals surface area contributed by atoms with E-state index in [1.54, 1.807) is 23.9 Å². The maximum atomic E-state index is 10.5. The summed E-state index contributed by atoms with van der Waals surface area (Å²) < 4.78 is 0. The number of benzene rings is 1. The molecule has 2 N–H and O–H groups in total. The fourth-order valence-electron chi connectivity index (χ4n) is 3.75. The lowest BCUT2D eigenvalue weighted by molar-refractivity contribution is 0.192. The van der Waals surface area contributed by atoms with Crippen molar-refractivity contribution in [3.05, 3.63) is 30.4 Å². The van der Waals surface area contributed by atoms with Crippen molar-refractivity contribution >= 4 is 11.8 Å². The second-order valence-corrected chi connectivity index (χ2v) is 8.00. The van der Waals surface area contributed by atoms with Crippen molar-refractivity contribution in [1.82, 2.24) is 0 Å². The van der Waals surface area contributed by atoms with Crippen LogP contribution in [0.25, 0.3) is 0 Å². The van der Waals surface area contributed by atoms with Gasteiger partial charge in [0.15, 0.2) is 0 Å². The Balaban J connectivity index is 2.34. The van der Waals surface area contributed by atoms with Crippen molar-refractivity contribution in [2.75, 3.05) is 5.75 Å². The van der Waals surface area contributed by atoms with E-state index in [9.17, 15) is 10.2 Å². The first-order valence-electron chi connectivity index (χ1n) is 8.23. The molecule has 1 aromatic rings. The topological polar surface area (TPSA) is 40.5 Å². The molecule has 0 heterocycles. The number of thioether (sulfide) groups is 1. The van der Waals surface area contributed by atoms with E-state index < -0.39 is 0 Å². The molecule has 22 heavy (non-hydrogen) atoms. The molecule has 0 saturated heterocycles. The van der Waals surface area contributed by atoms with Gasteiger partial charge in [-0.15, -0.1) is 18.3 Å². The van der Waals surface area contributed by atoms with Crippen molar-refractivity contribution in [2.45, 2.75) is 50.8 Å². The van der Waals surface area contributed by atoms with Crippen molar-refractivity contribution < 1.29 is 10.2 Å². The number of phenols is 2. The van der Waals surface area contributed by atoms with Crippen LogP contribution in [0.1, 0.15) is 51.5 Å².